The summed E-state index contributed by atoms with van der Waals surface area (Å²) in [6, 6.07) is 7.87. The van der Waals surface area contributed by atoms with Crippen LogP contribution < -0.4 is 5.32 Å². The van der Waals surface area contributed by atoms with Gasteiger partial charge >= 0.3 is 0 Å². The van der Waals surface area contributed by atoms with Crippen LogP contribution in [0.2, 0.25) is 0 Å². The van der Waals surface area contributed by atoms with Gasteiger partial charge in [0.05, 0.1) is 5.56 Å². The Morgan fingerprint density at radius 2 is 1.84 bits per heavy atom. The normalized spacial score (nSPS) is 10.9. The number of aromatic nitrogens is 3. The number of hydrogen-bond donors (Lipinski definition) is 1. The zero-order valence-corrected chi connectivity index (χ0v) is 15.2. The number of nitrogens with zero attached hydrogens (tertiary/aromatic N) is 3. The molecular formula is C19H22N4O2. The van der Waals surface area contributed by atoms with Crippen LogP contribution in [0.4, 0.5) is 5.69 Å². The molecule has 6 nitrogen and oxygen atoms in total. The maximum Gasteiger partial charge on any atom is 0.249 e. The van der Waals surface area contributed by atoms with Crippen LogP contribution in [-0.2, 0) is 11.3 Å². The lowest BCUT2D eigenvalue weighted by atomic mass is 10.1. The summed E-state index contributed by atoms with van der Waals surface area (Å²) in [5.41, 5.74) is 5.92. The molecule has 2 aromatic heterocycles. The standard InChI is InChI=1S/C19H22N4O2/c1-11-6-7-16(8-12(11)2)20-18(24)10-23-13(3)9-17(14(23)4)19-22-21-15(5)25-19/h6-9H,10H2,1-5H3,(H,20,24). The van der Waals surface area contributed by atoms with Gasteiger partial charge in [0.2, 0.25) is 17.7 Å². The molecule has 6 heteroatoms. The third-order valence-electron chi connectivity index (χ3n) is 4.42. The van der Waals surface area contributed by atoms with Gasteiger partial charge in [-0.05, 0) is 57.0 Å². The molecule has 0 radical (unpaired) electrons. The Balaban J connectivity index is 1.79. The number of benzene rings is 1. The molecule has 0 aliphatic heterocycles. The highest BCUT2D eigenvalue weighted by atomic mass is 16.4. The topological polar surface area (TPSA) is 73.0 Å². The molecule has 0 saturated carbocycles. The van der Waals surface area contributed by atoms with E-state index in [9.17, 15) is 4.79 Å². The molecule has 1 amide bonds. The van der Waals surface area contributed by atoms with Gasteiger partial charge in [0.25, 0.3) is 0 Å². The minimum Gasteiger partial charge on any atom is -0.421 e. The van der Waals surface area contributed by atoms with Gasteiger partial charge in [0.15, 0.2) is 0 Å². The Morgan fingerprint density at radius 1 is 1.08 bits per heavy atom. The minimum atomic E-state index is -0.0710. The van der Waals surface area contributed by atoms with Crippen LogP contribution in [0.15, 0.2) is 28.7 Å². The lowest BCUT2D eigenvalue weighted by Gasteiger charge is -2.11. The monoisotopic (exact) mass is 338 g/mol. The maximum absolute atomic E-state index is 12.4. The number of carbonyl (C=O) groups is 1. The van der Waals surface area contributed by atoms with Crippen molar-refractivity contribution in [2.24, 2.45) is 0 Å². The van der Waals surface area contributed by atoms with Gasteiger partial charge in [-0.25, -0.2) is 0 Å². The highest BCUT2D eigenvalue weighted by Crippen LogP contribution is 2.26. The second-order valence-electron chi connectivity index (χ2n) is 6.34. The van der Waals surface area contributed by atoms with Crippen LogP contribution in [0.1, 0.15) is 28.4 Å². The fraction of sp³-hybridized carbons (Fsp3) is 0.316. The predicted molar refractivity (Wildman–Crippen MR) is 96.5 cm³/mol. The third-order valence-corrected chi connectivity index (χ3v) is 4.42. The zero-order valence-electron chi connectivity index (χ0n) is 15.2. The highest BCUT2D eigenvalue weighted by molar-refractivity contribution is 5.91. The van der Waals surface area contributed by atoms with Gasteiger partial charge in [0.1, 0.15) is 6.54 Å². The van der Waals surface area contributed by atoms with Crippen molar-refractivity contribution in [2.45, 2.75) is 41.2 Å². The average Bonchev–Trinajstić information content (AvgIpc) is 3.09. The minimum absolute atomic E-state index is 0.0710. The van der Waals surface area contributed by atoms with Gasteiger partial charge in [-0.15, -0.1) is 10.2 Å². The molecular weight excluding hydrogens is 316 g/mol. The molecule has 0 saturated heterocycles. The summed E-state index contributed by atoms with van der Waals surface area (Å²) in [5, 5.41) is 10.9. The van der Waals surface area contributed by atoms with Crippen LogP contribution in [-0.4, -0.2) is 20.7 Å². The summed E-state index contributed by atoms with van der Waals surface area (Å²) in [5.74, 6) is 0.928. The highest BCUT2D eigenvalue weighted by Gasteiger charge is 2.17. The van der Waals surface area contributed by atoms with Gasteiger partial charge in [-0.3, -0.25) is 4.79 Å². The first-order valence-electron chi connectivity index (χ1n) is 8.19. The predicted octanol–water partition coefficient (Wildman–Crippen LogP) is 3.72. The van der Waals surface area contributed by atoms with E-state index in [1.807, 2.05) is 56.5 Å². The molecule has 1 aromatic carbocycles. The quantitative estimate of drug-likeness (QED) is 0.787. The molecule has 3 rings (SSSR count). The molecule has 0 unspecified atom stereocenters. The molecule has 2 heterocycles. The van der Waals surface area contributed by atoms with Crippen molar-refractivity contribution in [3.63, 3.8) is 0 Å². The molecule has 1 N–H and O–H groups in total. The molecule has 0 atom stereocenters. The Kier molecular flexibility index (Phi) is 4.44. The smallest absolute Gasteiger partial charge is 0.249 e. The number of hydrogen-bond acceptors (Lipinski definition) is 4. The van der Waals surface area contributed by atoms with Crippen LogP contribution in [0, 0.1) is 34.6 Å². The summed E-state index contributed by atoms with van der Waals surface area (Å²) >= 11 is 0. The Bertz CT molecular complexity index is 937. The number of nitrogens with one attached hydrogen (secondary N) is 1. The van der Waals surface area contributed by atoms with Crippen molar-refractivity contribution < 1.29 is 9.21 Å². The van der Waals surface area contributed by atoms with E-state index in [1.165, 1.54) is 5.56 Å². The summed E-state index contributed by atoms with van der Waals surface area (Å²) in [6.45, 7) is 9.98. The lowest BCUT2D eigenvalue weighted by Crippen LogP contribution is -2.20. The van der Waals surface area contributed by atoms with Gasteiger partial charge in [-0.1, -0.05) is 6.07 Å². The molecule has 0 spiro atoms. The molecule has 0 fully saturated rings. The Morgan fingerprint density at radius 3 is 2.48 bits per heavy atom. The Hall–Kier alpha value is -2.89. The number of amides is 1. The van der Waals surface area contributed by atoms with E-state index in [0.717, 1.165) is 28.2 Å². The van der Waals surface area contributed by atoms with Crippen LogP contribution in [0.5, 0.6) is 0 Å². The van der Waals surface area contributed by atoms with E-state index in [-0.39, 0.29) is 12.5 Å². The van der Waals surface area contributed by atoms with Crippen molar-refractivity contribution in [1.82, 2.24) is 14.8 Å². The summed E-state index contributed by atoms with van der Waals surface area (Å²) < 4.78 is 7.46. The zero-order chi connectivity index (χ0) is 18.1. The van der Waals surface area contributed by atoms with Gasteiger partial charge in [0, 0.05) is 24.0 Å². The van der Waals surface area contributed by atoms with E-state index in [4.69, 9.17) is 4.42 Å². The van der Waals surface area contributed by atoms with Crippen molar-refractivity contribution in [3.8, 4) is 11.5 Å². The molecule has 0 aliphatic carbocycles. The average molecular weight is 338 g/mol. The molecule has 0 bridgehead atoms. The van der Waals surface area contributed by atoms with Crippen molar-refractivity contribution in [3.05, 3.63) is 52.7 Å². The first-order chi connectivity index (χ1) is 11.8. The van der Waals surface area contributed by atoms with E-state index in [2.05, 4.69) is 15.5 Å². The number of aryl methyl sites for hydroxylation is 4. The second-order valence-corrected chi connectivity index (χ2v) is 6.34. The SMILES string of the molecule is Cc1nnc(-c2cc(C)n(CC(=O)Nc3ccc(C)c(C)c3)c2C)o1. The third kappa shape index (κ3) is 3.47. The number of anilines is 1. The fourth-order valence-corrected chi connectivity index (χ4v) is 2.83. The Labute approximate surface area is 146 Å². The van der Waals surface area contributed by atoms with E-state index in [1.54, 1.807) is 6.92 Å². The van der Waals surface area contributed by atoms with Crippen LogP contribution in [0.25, 0.3) is 11.5 Å². The molecule has 3 aromatic rings. The maximum atomic E-state index is 12.4. The summed E-state index contributed by atoms with van der Waals surface area (Å²) in [7, 11) is 0. The largest absolute Gasteiger partial charge is 0.421 e. The van der Waals surface area contributed by atoms with E-state index < -0.39 is 0 Å². The van der Waals surface area contributed by atoms with E-state index in [0.29, 0.717) is 11.8 Å². The fourth-order valence-electron chi connectivity index (χ4n) is 2.83. The van der Waals surface area contributed by atoms with E-state index >= 15 is 0 Å². The number of rotatable bonds is 4. The van der Waals surface area contributed by atoms with Crippen LogP contribution >= 0.6 is 0 Å². The molecule has 0 aliphatic rings. The number of carbonyl (C=O) groups excluding carboxylic acids is 1. The second kappa shape index (κ2) is 6.55. The molecule has 25 heavy (non-hydrogen) atoms. The summed E-state index contributed by atoms with van der Waals surface area (Å²) in [4.78, 5) is 12.4. The lowest BCUT2D eigenvalue weighted by molar-refractivity contribution is -0.116. The van der Waals surface area contributed by atoms with Crippen LogP contribution in [0.3, 0.4) is 0 Å². The first kappa shape index (κ1) is 17.0. The van der Waals surface area contributed by atoms with Gasteiger partial charge < -0.3 is 14.3 Å². The first-order valence-corrected chi connectivity index (χ1v) is 8.19. The summed E-state index contributed by atoms with van der Waals surface area (Å²) in [6.07, 6.45) is 0. The molecule has 130 valence electrons. The van der Waals surface area contributed by atoms with Crippen molar-refractivity contribution in [2.75, 3.05) is 5.32 Å². The van der Waals surface area contributed by atoms with Crippen molar-refractivity contribution >= 4 is 11.6 Å². The van der Waals surface area contributed by atoms with Gasteiger partial charge in [-0.2, -0.15) is 0 Å². The van der Waals surface area contributed by atoms with Crippen molar-refractivity contribution in [1.29, 1.82) is 0 Å².